The van der Waals surface area contributed by atoms with E-state index in [4.69, 9.17) is 21.0 Å². The maximum Gasteiger partial charge on any atom is 1.00 e. The number of halogens is 4. The molecule has 0 aromatic heterocycles. The van der Waals surface area contributed by atoms with Crippen LogP contribution in [0, 0.1) is 45.3 Å². The quantitative estimate of drug-likeness (QED) is 0.489. The van der Waals surface area contributed by atoms with E-state index in [2.05, 4.69) is 0 Å². The van der Waals surface area contributed by atoms with Gasteiger partial charge in [0.25, 0.3) is 0 Å². The molecule has 0 aliphatic heterocycles. The summed E-state index contributed by atoms with van der Waals surface area (Å²) in [6, 6.07) is 7.00. The molecule has 0 saturated heterocycles. The van der Waals surface area contributed by atoms with Crippen molar-refractivity contribution in [2.24, 2.45) is 0 Å². The fraction of sp³-hybridized carbons (Fsp3) is 0.500. The molecule has 18 heavy (non-hydrogen) atoms. The van der Waals surface area contributed by atoms with Crippen LogP contribution >= 0.6 is 0 Å². The Morgan fingerprint density at radius 2 is 0.667 bits per heavy atom. The van der Waals surface area contributed by atoms with Gasteiger partial charge in [0, 0.05) is 48.1 Å². The zero-order valence-corrected chi connectivity index (χ0v) is 11.7. The van der Waals surface area contributed by atoms with Gasteiger partial charge in [-0.1, -0.05) is 0 Å². The van der Waals surface area contributed by atoms with Crippen LogP contribution in [0.2, 0.25) is 0 Å². The predicted octanol–water partition coefficient (Wildman–Crippen LogP) is 3.53. The molecule has 0 aliphatic carbocycles. The molecule has 0 heterocycles. The Morgan fingerprint density at radius 3 is 0.667 bits per heavy atom. The van der Waals surface area contributed by atoms with Crippen molar-refractivity contribution in [3.05, 3.63) is 0 Å². The first kappa shape index (κ1) is 36.0. The van der Waals surface area contributed by atoms with Gasteiger partial charge in [-0.15, -0.1) is 0 Å². The summed E-state index contributed by atoms with van der Waals surface area (Å²) < 4.78 is 39.0. The van der Waals surface area contributed by atoms with Gasteiger partial charge in [-0.3, -0.25) is 0 Å². The van der Waals surface area contributed by atoms with Crippen LogP contribution in [0.25, 0.3) is 0 Å². The Kier molecular flexibility index (Phi) is 90.4. The van der Waals surface area contributed by atoms with E-state index in [1.165, 1.54) is 27.7 Å². The Hall–Kier alpha value is -1.59. The van der Waals surface area contributed by atoms with Crippen LogP contribution in [0.15, 0.2) is 0 Å². The second-order valence-electron chi connectivity index (χ2n) is 1.39. The van der Waals surface area contributed by atoms with E-state index >= 15 is 0 Å². The molecule has 0 unspecified atom stereocenters. The minimum absolute atomic E-state index is 0. The minimum Gasteiger partial charge on any atom is -0.418 e. The average molecular weight is 358 g/mol. The Balaban J connectivity index is -0.0000000189. The molecule has 10 heteroatoms. The van der Waals surface area contributed by atoms with Crippen molar-refractivity contribution in [2.45, 2.75) is 27.7 Å². The molecule has 4 nitrogen and oxygen atoms in total. The summed E-state index contributed by atoms with van der Waals surface area (Å²) in [6.07, 6.45) is 0. The zero-order chi connectivity index (χ0) is 15.3. The Labute approximate surface area is 120 Å². The maximum atomic E-state index is 9.75. The summed E-state index contributed by atoms with van der Waals surface area (Å²) >= 11 is 0. The molecular formula is C8H13BF4N4Pd. The van der Waals surface area contributed by atoms with Crippen LogP contribution in [0.4, 0.5) is 17.3 Å². The number of hydrogen-bond donors (Lipinski definition) is 0. The van der Waals surface area contributed by atoms with E-state index in [9.17, 15) is 17.3 Å². The van der Waals surface area contributed by atoms with E-state index in [1.807, 2.05) is 0 Å². The molecule has 0 bridgehead atoms. The fourth-order valence-electron chi connectivity index (χ4n) is 0. The van der Waals surface area contributed by atoms with Gasteiger partial charge in [0.1, 0.15) is 0 Å². The minimum atomic E-state index is -6.00. The van der Waals surface area contributed by atoms with Crippen molar-refractivity contribution in [1.29, 1.82) is 21.0 Å². The molecule has 0 aliphatic rings. The first-order valence-electron chi connectivity index (χ1n) is 3.77. The Morgan fingerprint density at radius 1 is 0.667 bits per heavy atom. The average Bonchev–Trinajstić information content (AvgIpc) is 2.04. The van der Waals surface area contributed by atoms with Gasteiger partial charge in [-0.25, -0.2) is 0 Å². The first-order chi connectivity index (χ1) is 7.66. The summed E-state index contributed by atoms with van der Waals surface area (Å²) in [5.74, 6) is 0. The van der Waals surface area contributed by atoms with Gasteiger partial charge in [-0.05, 0) is 0 Å². The van der Waals surface area contributed by atoms with Gasteiger partial charge < -0.3 is 17.3 Å². The van der Waals surface area contributed by atoms with Crippen molar-refractivity contribution < 1.29 is 39.1 Å². The van der Waals surface area contributed by atoms with Crippen molar-refractivity contribution in [1.82, 2.24) is 0 Å². The number of nitrogens with zero attached hydrogens (tertiary/aromatic N) is 4. The molecule has 0 rings (SSSR count). The van der Waals surface area contributed by atoms with Crippen molar-refractivity contribution >= 4 is 7.25 Å². The molecule has 0 aromatic carbocycles. The molecule has 0 amide bonds. The molecule has 0 saturated carbocycles. The second-order valence-corrected chi connectivity index (χ2v) is 1.39. The molecule has 0 fully saturated rings. The molecule has 0 atom stereocenters. The van der Waals surface area contributed by atoms with Gasteiger partial charge in [0.05, 0.1) is 24.3 Å². The monoisotopic (exact) mass is 358 g/mol. The van der Waals surface area contributed by atoms with Crippen LogP contribution in [-0.4, -0.2) is 7.25 Å². The number of rotatable bonds is 0. The summed E-state index contributed by atoms with van der Waals surface area (Å²) in [5.41, 5.74) is 0. The van der Waals surface area contributed by atoms with Crippen LogP contribution in [0.5, 0.6) is 0 Å². The van der Waals surface area contributed by atoms with Crippen LogP contribution in [0.1, 0.15) is 29.1 Å². The molecule has 0 radical (unpaired) electrons. The summed E-state index contributed by atoms with van der Waals surface area (Å²) in [5, 5.41) is 29.3. The van der Waals surface area contributed by atoms with Crippen molar-refractivity contribution in [3.63, 3.8) is 0 Å². The normalized spacial score (nSPS) is 5.11. The third-order valence-corrected chi connectivity index (χ3v) is 0. The molecule has 0 spiro atoms. The van der Waals surface area contributed by atoms with Gasteiger partial charge in [0.2, 0.25) is 0 Å². The van der Waals surface area contributed by atoms with E-state index in [0.29, 0.717) is 0 Å². The fourth-order valence-corrected chi connectivity index (χ4v) is 0. The van der Waals surface area contributed by atoms with Gasteiger partial charge in [0.15, 0.2) is 0 Å². The van der Waals surface area contributed by atoms with Crippen LogP contribution in [0.3, 0.4) is 0 Å². The maximum absolute atomic E-state index is 9.75. The van der Waals surface area contributed by atoms with Crippen LogP contribution < -0.4 is 0 Å². The largest absolute Gasteiger partial charge is 1.00 e. The SMILES string of the molecule is CC#N.CC#N.CC#N.CC#N.F[B-](F)(F)F.[H+].[Pd]. The predicted molar refractivity (Wildman–Crippen MR) is 56.4 cm³/mol. The summed E-state index contributed by atoms with van der Waals surface area (Å²) in [7, 11) is -6.00. The topological polar surface area (TPSA) is 95.2 Å². The summed E-state index contributed by atoms with van der Waals surface area (Å²) in [6.45, 7) is 5.72. The Bertz CT molecular complexity index is 234. The molecule has 106 valence electrons. The third-order valence-electron chi connectivity index (χ3n) is 0. The smallest absolute Gasteiger partial charge is 0.418 e. The first-order valence-corrected chi connectivity index (χ1v) is 3.77. The zero-order valence-electron chi connectivity index (χ0n) is 11.2. The van der Waals surface area contributed by atoms with E-state index in [-0.39, 0.29) is 21.8 Å². The third kappa shape index (κ3) is 1020. The summed E-state index contributed by atoms with van der Waals surface area (Å²) in [4.78, 5) is 0. The van der Waals surface area contributed by atoms with E-state index < -0.39 is 7.25 Å². The second kappa shape index (κ2) is 45.2. The van der Waals surface area contributed by atoms with Gasteiger partial charge in [-0.2, -0.15) is 21.0 Å². The standard InChI is InChI=1S/4C2H3N.BF4.Pd/c4*1-2-3;2-1(3,4)5;/h4*1H3;;/q;;;;-1;/p+1. The van der Waals surface area contributed by atoms with E-state index in [1.54, 1.807) is 24.3 Å². The number of nitriles is 4. The number of hydrogen-bond acceptors (Lipinski definition) is 4. The molecule has 0 N–H and O–H groups in total. The van der Waals surface area contributed by atoms with Crippen molar-refractivity contribution in [3.8, 4) is 24.3 Å². The molecule has 0 aromatic rings. The molecular weight excluding hydrogens is 345 g/mol. The van der Waals surface area contributed by atoms with E-state index in [0.717, 1.165) is 0 Å². The van der Waals surface area contributed by atoms with Crippen LogP contribution in [-0.2, 0) is 20.4 Å². The van der Waals surface area contributed by atoms with Gasteiger partial charge >= 0.3 is 8.68 Å². The van der Waals surface area contributed by atoms with Crippen molar-refractivity contribution in [2.75, 3.05) is 0 Å².